The van der Waals surface area contributed by atoms with Gasteiger partial charge in [-0.15, -0.1) is 0 Å². The summed E-state index contributed by atoms with van der Waals surface area (Å²) in [6.07, 6.45) is 8.30. The molecule has 112 valence electrons. The van der Waals surface area contributed by atoms with Crippen molar-refractivity contribution in [3.8, 4) is 6.01 Å². The fourth-order valence-electron chi connectivity index (χ4n) is 2.35. The molecule has 1 aliphatic rings. The van der Waals surface area contributed by atoms with E-state index in [2.05, 4.69) is 26.8 Å². The number of nitrogens with zero attached hydrogens (tertiary/aromatic N) is 4. The van der Waals surface area contributed by atoms with E-state index in [0.29, 0.717) is 18.6 Å². The molecule has 0 amide bonds. The second kappa shape index (κ2) is 7.87. The fraction of sp³-hybridized carbons (Fsp3) is 0.786. The van der Waals surface area contributed by atoms with E-state index >= 15 is 0 Å². The molecule has 0 radical (unpaired) electrons. The summed E-state index contributed by atoms with van der Waals surface area (Å²) in [7, 11) is 0. The van der Waals surface area contributed by atoms with Crippen LogP contribution in [0.25, 0.3) is 0 Å². The minimum absolute atomic E-state index is 0.240. The molecule has 6 nitrogen and oxygen atoms in total. The largest absolute Gasteiger partial charge is 0.463 e. The second-order valence-corrected chi connectivity index (χ2v) is 5.23. The predicted molar refractivity (Wildman–Crippen MR) is 79.9 cm³/mol. The van der Waals surface area contributed by atoms with Gasteiger partial charge >= 0.3 is 6.01 Å². The van der Waals surface area contributed by atoms with Crippen LogP contribution in [0.2, 0.25) is 0 Å². The first kappa shape index (κ1) is 14.8. The molecule has 6 heteroatoms. The molecular weight excluding hydrogens is 254 g/mol. The Morgan fingerprint density at radius 1 is 1.05 bits per heavy atom. The molecule has 0 bridgehead atoms. The summed E-state index contributed by atoms with van der Waals surface area (Å²) >= 11 is 0. The monoisotopic (exact) mass is 279 g/mol. The highest BCUT2D eigenvalue weighted by Gasteiger charge is 2.15. The van der Waals surface area contributed by atoms with Crippen molar-refractivity contribution in [2.45, 2.75) is 51.9 Å². The van der Waals surface area contributed by atoms with Crippen molar-refractivity contribution in [3.05, 3.63) is 0 Å². The molecule has 0 atom stereocenters. The van der Waals surface area contributed by atoms with Crippen LogP contribution in [0.3, 0.4) is 0 Å². The summed E-state index contributed by atoms with van der Waals surface area (Å²) in [5.41, 5.74) is 5.75. The lowest BCUT2D eigenvalue weighted by Gasteiger charge is -2.26. The predicted octanol–water partition coefficient (Wildman–Crippen LogP) is 2.40. The summed E-state index contributed by atoms with van der Waals surface area (Å²) in [4.78, 5) is 14.8. The zero-order valence-electron chi connectivity index (χ0n) is 12.3. The smallest absolute Gasteiger partial charge is 0.323 e. The molecule has 0 aliphatic carbocycles. The summed E-state index contributed by atoms with van der Waals surface area (Å²) in [6.45, 7) is 4.81. The number of ether oxygens (including phenoxy) is 1. The highest BCUT2D eigenvalue weighted by molar-refractivity contribution is 5.36. The van der Waals surface area contributed by atoms with Gasteiger partial charge in [-0.3, -0.25) is 0 Å². The van der Waals surface area contributed by atoms with Gasteiger partial charge in [-0.2, -0.15) is 15.0 Å². The van der Waals surface area contributed by atoms with Gasteiger partial charge < -0.3 is 15.4 Å². The van der Waals surface area contributed by atoms with Crippen molar-refractivity contribution in [2.24, 2.45) is 0 Å². The molecule has 0 saturated carbocycles. The number of aromatic nitrogens is 3. The zero-order valence-corrected chi connectivity index (χ0v) is 12.3. The first-order valence-electron chi connectivity index (χ1n) is 7.69. The van der Waals surface area contributed by atoms with Gasteiger partial charge in [0.15, 0.2) is 0 Å². The first-order valence-corrected chi connectivity index (χ1v) is 7.69. The average molecular weight is 279 g/mol. The van der Waals surface area contributed by atoms with Crippen LogP contribution >= 0.6 is 0 Å². The minimum Gasteiger partial charge on any atom is -0.463 e. The Morgan fingerprint density at radius 2 is 1.85 bits per heavy atom. The number of unbranched alkanes of at least 4 members (excludes halogenated alkanes) is 3. The molecule has 1 aliphatic heterocycles. The van der Waals surface area contributed by atoms with Crippen molar-refractivity contribution in [1.82, 2.24) is 15.0 Å². The van der Waals surface area contributed by atoms with Gasteiger partial charge in [0.25, 0.3) is 0 Å². The van der Waals surface area contributed by atoms with E-state index in [1.54, 1.807) is 0 Å². The molecular formula is C14H25N5O. The number of nitrogens with two attached hydrogens (primary N) is 1. The minimum atomic E-state index is 0.240. The normalized spacial score (nSPS) is 15.3. The molecule has 0 aromatic carbocycles. The average Bonchev–Trinajstić information content (AvgIpc) is 2.47. The lowest BCUT2D eigenvalue weighted by molar-refractivity contribution is 0.281. The molecule has 1 fully saturated rings. The van der Waals surface area contributed by atoms with Crippen LogP contribution < -0.4 is 15.4 Å². The number of piperidine rings is 1. The van der Waals surface area contributed by atoms with E-state index in [4.69, 9.17) is 10.5 Å². The van der Waals surface area contributed by atoms with E-state index in [1.807, 2.05) is 0 Å². The van der Waals surface area contributed by atoms with Crippen LogP contribution in [-0.2, 0) is 0 Å². The Kier molecular flexibility index (Phi) is 5.83. The quantitative estimate of drug-likeness (QED) is 0.772. The molecule has 20 heavy (non-hydrogen) atoms. The Hall–Kier alpha value is -1.59. The molecule has 2 heterocycles. The third kappa shape index (κ3) is 4.51. The second-order valence-electron chi connectivity index (χ2n) is 5.23. The fourth-order valence-corrected chi connectivity index (χ4v) is 2.35. The summed E-state index contributed by atoms with van der Waals surface area (Å²) < 4.78 is 5.60. The van der Waals surface area contributed by atoms with Gasteiger partial charge in [0.05, 0.1) is 6.61 Å². The third-order valence-electron chi connectivity index (χ3n) is 3.49. The molecule has 0 spiro atoms. The Labute approximate surface area is 120 Å². The number of hydrogen-bond donors (Lipinski definition) is 1. The number of anilines is 2. The van der Waals surface area contributed by atoms with Crippen LogP contribution in [-0.4, -0.2) is 34.6 Å². The van der Waals surface area contributed by atoms with Crippen molar-refractivity contribution in [1.29, 1.82) is 0 Å². The molecule has 0 unspecified atom stereocenters. The standard InChI is InChI=1S/C14H25N5O/c1-2-3-4-8-11-20-14-17-12(15)16-13(18-14)19-9-6-5-7-10-19/h2-11H2,1H3,(H2,15,16,17,18). The van der Waals surface area contributed by atoms with E-state index < -0.39 is 0 Å². The topological polar surface area (TPSA) is 77.2 Å². The number of nitrogen functional groups attached to an aromatic ring is 1. The highest BCUT2D eigenvalue weighted by atomic mass is 16.5. The molecule has 2 rings (SSSR count). The Balaban J connectivity index is 1.90. The maximum atomic E-state index is 5.75. The number of hydrogen-bond acceptors (Lipinski definition) is 6. The van der Waals surface area contributed by atoms with Crippen LogP contribution in [0.1, 0.15) is 51.9 Å². The van der Waals surface area contributed by atoms with E-state index in [9.17, 15) is 0 Å². The van der Waals surface area contributed by atoms with Gasteiger partial charge in [-0.05, 0) is 25.7 Å². The maximum absolute atomic E-state index is 5.75. The van der Waals surface area contributed by atoms with E-state index in [-0.39, 0.29) is 5.95 Å². The molecule has 1 aromatic rings. The maximum Gasteiger partial charge on any atom is 0.323 e. The summed E-state index contributed by atoms with van der Waals surface area (Å²) in [5.74, 6) is 0.893. The van der Waals surface area contributed by atoms with Gasteiger partial charge in [0.1, 0.15) is 0 Å². The highest BCUT2D eigenvalue weighted by Crippen LogP contribution is 2.18. The zero-order chi connectivity index (χ0) is 14.2. The Morgan fingerprint density at radius 3 is 2.60 bits per heavy atom. The van der Waals surface area contributed by atoms with Crippen molar-refractivity contribution >= 4 is 11.9 Å². The van der Waals surface area contributed by atoms with Crippen molar-refractivity contribution in [2.75, 3.05) is 30.3 Å². The molecule has 1 aromatic heterocycles. The first-order chi connectivity index (χ1) is 9.79. The molecule has 1 saturated heterocycles. The summed E-state index contributed by atoms with van der Waals surface area (Å²) in [5, 5.41) is 0. The summed E-state index contributed by atoms with van der Waals surface area (Å²) in [6, 6.07) is 0.356. The van der Waals surface area contributed by atoms with E-state index in [1.165, 1.54) is 38.5 Å². The van der Waals surface area contributed by atoms with Crippen LogP contribution in [0.4, 0.5) is 11.9 Å². The van der Waals surface area contributed by atoms with Crippen molar-refractivity contribution in [3.63, 3.8) is 0 Å². The SMILES string of the molecule is CCCCCCOc1nc(N)nc(N2CCCCC2)n1. The van der Waals surface area contributed by atoms with Gasteiger partial charge in [-0.25, -0.2) is 0 Å². The van der Waals surface area contributed by atoms with Crippen LogP contribution in [0.5, 0.6) is 6.01 Å². The van der Waals surface area contributed by atoms with Crippen molar-refractivity contribution < 1.29 is 4.74 Å². The Bertz CT molecular complexity index is 407. The van der Waals surface area contributed by atoms with Gasteiger partial charge in [0.2, 0.25) is 11.9 Å². The van der Waals surface area contributed by atoms with Gasteiger partial charge in [0, 0.05) is 13.1 Å². The third-order valence-corrected chi connectivity index (χ3v) is 3.49. The van der Waals surface area contributed by atoms with Crippen LogP contribution in [0.15, 0.2) is 0 Å². The van der Waals surface area contributed by atoms with Crippen LogP contribution in [0, 0.1) is 0 Å². The lowest BCUT2D eigenvalue weighted by atomic mass is 10.1. The van der Waals surface area contributed by atoms with E-state index in [0.717, 1.165) is 19.5 Å². The number of rotatable bonds is 7. The molecule has 2 N–H and O–H groups in total. The lowest BCUT2D eigenvalue weighted by Crippen LogP contribution is -2.31. The van der Waals surface area contributed by atoms with Gasteiger partial charge in [-0.1, -0.05) is 26.2 Å².